The Bertz CT molecular complexity index is 563. The van der Waals surface area contributed by atoms with Gasteiger partial charge < -0.3 is 9.30 Å². The van der Waals surface area contributed by atoms with E-state index in [9.17, 15) is 0 Å². The lowest BCUT2D eigenvalue weighted by atomic mass is 10.2. The average molecular weight is 201 g/mol. The van der Waals surface area contributed by atoms with E-state index in [1.165, 1.54) is 7.11 Å². The molecule has 0 saturated heterocycles. The number of pyridine rings is 1. The van der Waals surface area contributed by atoms with E-state index in [1.807, 2.05) is 30.8 Å². The van der Waals surface area contributed by atoms with Crippen LogP contribution in [0.25, 0.3) is 11.0 Å². The van der Waals surface area contributed by atoms with Crippen molar-refractivity contribution < 1.29 is 4.74 Å². The Morgan fingerprint density at radius 1 is 1.53 bits per heavy atom. The second kappa shape index (κ2) is 3.28. The molecule has 0 spiro atoms. The summed E-state index contributed by atoms with van der Waals surface area (Å²) in [7, 11) is 3.44. The van der Waals surface area contributed by atoms with Gasteiger partial charge in [0, 0.05) is 18.6 Å². The van der Waals surface area contributed by atoms with Gasteiger partial charge in [0.1, 0.15) is 17.3 Å². The summed E-state index contributed by atoms with van der Waals surface area (Å²) in [6, 6.07) is 3.89. The molecule has 0 fully saturated rings. The summed E-state index contributed by atoms with van der Waals surface area (Å²) in [5.74, 6) is 0.381. The van der Waals surface area contributed by atoms with Crippen molar-refractivity contribution in [2.75, 3.05) is 7.11 Å². The molecule has 4 heteroatoms. The molecule has 0 N–H and O–H groups in total. The number of aryl methyl sites for hydroxylation is 2. The lowest BCUT2D eigenvalue weighted by Crippen LogP contribution is -1.95. The van der Waals surface area contributed by atoms with E-state index >= 15 is 0 Å². The molecule has 2 aromatic rings. The molecule has 2 aromatic heterocycles. The minimum atomic E-state index is 0.381. The van der Waals surface area contributed by atoms with Crippen LogP contribution in [0.4, 0.5) is 0 Å². The fourth-order valence-corrected chi connectivity index (χ4v) is 1.70. The summed E-state index contributed by atoms with van der Waals surface area (Å²) >= 11 is 0. The third-order valence-corrected chi connectivity index (χ3v) is 2.43. The van der Waals surface area contributed by atoms with Gasteiger partial charge in [0.15, 0.2) is 0 Å². The smallest absolute Gasteiger partial charge is 0.233 e. The monoisotopic (exact) mass is 201 g/mol. The largest absolute Gasteiger partial charge is 0.480 e. The minimum absolute atomic E-state index is 0.381. The molecule has 4 nitrogen and oxygen atoms in total. The molecule has 0 saturated carbocycles. The lowest BCUT2D eigenvalue weighted by Gasteiger charge is -2.02. The van der Waals surface area contributed by atoms with Gasteiger partial charge in [-0.25, -0.2) is 0 Å². The van der Waals surface area contributed by atoms with E-state index in [1.54, 1.807) is 0 Å². The SMILES string of the molecule is COc1nc2c(cc1C#N)c(C)cn2C. The number of hydrogen-bond acceptors (Lipinski definition) is 3. The van der Waals surface area contributed by atoms with Crippen molar-refractivity contribution in [3.63, 3.8) is 0 Å². The molecule has 76 valence electrons. The highest BCUT2D eigenvalue weighted by Crippen LogP contribution is 2.24. The fourth-order valence-electron chi connectivity index (χ4n) is 1.70. The highest BCUT2D eigenvalue weighted by atomic mass is 16.5. The van der Waals surface area contributed by atoms with Crippen LogP contribution in [0.1, 0.15) is 11.1 Å². The highest BCUT2D eigenvalue weighted by molar-refractivity contribution is 5.82. The minimum Gasteiger partial charge on any atom is -0.480 e. The van der Waals surface area contributed by atoms with Gasteiger partial charge in [0.05, 0.1) is 7.11 Å². The molecule has 2 rings (SSSR count). The molecule has 0 aliphatic carbocycles. The number of nitrogens with zero attached hydrogens (tertiary/aromatic N) is 3. The molecule has 0 unspecified atom stereocenters. The number of hydrogen-bond donors (Lipinski definition) is 0. The van der Waals surface area contributed by atoms with E-state index in [4.69, 9.17) is 10.00 Å². The van der Waals surface area contributed by atoms with Gasteiger partial charge in [0.25, 0.3) is 0 Å². The first-order valence-electron chi connectivity index (χ1n) is 4.58. The van der Waals surface area contributed by atoms with Crippen LogP contribution in [-0.2, 0) is 7.05 Å². The molecule has 0 aliphatic heterocycles. The number of methoxy groups -OCH3 is 1. The van der Waals surface area contributed by atoms with Crippen molar-refractivity contribution in [3.8, 4) is 11.9 Å². The molecule has 0 bridgehead atoms. The topological polar surface area (TPSA) is 50.8 Å². The number of nitriles is 1. The summed E-state index contributed by atoms with van der Waals surface area (Å²) in [4.78, 5) is 4.30. The van der Waals surface area contributed by atoms with Gasteiger partial charge in [-0.15, -0.1) is 0 Å². The van der Waals surface area contributed by atoms with Gasteiger partial charge in [-0.1, -0.05) is 0 Å². The number of aromatic nitrogens is 2. The van der Waals surface area contributed by atoms with Crippen molar-refractivity contribution in [2.24, 2.45) is 7.05 Å². The van der Waals surface area contributed by atoms with E-state index in [0.717, 1.165) is 16.6 Å². The van der Waals surface area contributed by atoms with Crippen molar-refractivity contribution in [1.29, 1.82) is 5.26 Å². The Hall–Kier alpha value is -2.02. The summed E-state index contributed by atoms with van der Waals surface area (Å²) < 4.78 is 6.99. The number of ether oxygens (including phenoxy) is 1. The summed E-state index contributed by atoms with van der Waals surface area (Å²) in [6.45, 7) is 2.00. The van der Waals surface area contributed by atoms with Crippen LogP contribution < -0.4 is 4.74 Å². The van der Waals surface area contributed by atoms with Crippen LogP contribution >= 0.6 is 0 Å². The molecule has 0 aliphatic rings. The van der Waals surface area contributed by atoms with E-state index < -0.39 is 0 Å². The standard InChI is InChI=1S/C11H11N3O/c1-7-6-14(2)10-9(7)4-8(5-12)11(13-10)15-3/h4,6H,1-3H3. The van der Waals surface area contributed by atoms with Gasteiger partial charge in [-0.2, -0.15) is 10.2 Å². The van der Waals surface area contributed by atoms with Crippen molar-refractivity contribution in [1.82, 2.24) is 9.55 Å². The van der Waals surface area contributed by atoms with Crippen LogP contribution in [0.15, 0.2) is 12.3 Å². The maximum absolute atomic E-state index is 8.93. The highest BCUT2D eigenvalue weighted by Gasteiger charge is 2.11. The van der Waals surface area contributed by atoms with Crippen LogP contribution in [0, 0.1) is 18.3 Å². The zero-order valence-corrected chi connectivity index (χ0v) is 8.90. The molecular weight excluding hydrogens is 190 g/mol. The Morgan fingerprint density at radius 2 is 2.27 bits per heavy atom. The first-order chi connectivity index (χ1) is 7.17. The van der Waals surface area contributed by atoms with E-state index in [-0.39, 0.29) is 0 Å². The Labute approximate surface area is 87.7 Å². The zero-order chi connectivity index (χ0) is 11.0. The molecule has 0 atom stereocenters. The second-order valence-corrected chi connectivity index (χ2v) is 3.45. The summed E-state index contributed by atoms with van der Waals surface area (Å²) in [5, 5.41) is 9.93. The molecule has 0 amide bonds. The first-order valence-corrected chi connectivity index (χ1v) is 4.58. The number of rotatable bonds is 1. The molecule has 0 radical (unpaired) electrons. The Balaban J connectivity index is 2.85. The van der Waals surface area contributed by atoms with Crippen molar-refractivity contribution in [2.45, 2.75) is 6.92 Å². The van der Waals surface area contributed by atoms with E-state index in [2.05, 4.69) is 11.1 Å². The predicted octanol–water partition coefficient (Wildman–Crippen LogP) is 1.76. The predicted molar refractivity (Wildman–Crippen MR) is 56.7 cm³/mol. The maximum atomic E-state index is 8.93. The fraction of sp³-hybridized carbons (Fsp3) is 0.273. The van der Waals surface area contributed by atoms with E-state index in [0.29, 0.717) is 11.4 Å². The zero-order valence-electron chi connectivity index (χ0n) is 8.90. The normalized spacial score (nSPS) is 10.3. The quantitative estimate of drug-likeness (QED) is 0.706. The van der Waals surface area contributed by atoms with Crippen molar-refractivity contribution in [3.05, 3.63) is 23.4 Å². The molecular formula is C11H11N3O. The molecule has 15 heavy (non-hydrogen) atoms. The molecule has 2 heterocycles. The Kier molecular flexibility index (Phi) is 2.09. The van der Waals surface area contributed by atoms with Crippen LogP contribution in [0.5, 0.6) is 5.88 Å². The van der Waals surface area contributed by atoms with Gasteiger partial charge >= 0.3 is 0 Å². The van der Waals surface area contributed by atoms with Crippen LogP contribution in [-0.4, -0.2) is 16.7 Å². The van der Waals surface area contributed by atoms with Gasteiger partial charge in [-0.05, 0) is 18.6 Å². The third-order valence-electron chi connectivity index (χ3n) is 2.43. The summed E-state index contributed by atoms with van der Waals surface area (Å²) in [5.41, 5.74) is 2.42. The first kappa shape index (κ1) is 9.53. The Morgan fingerprint density at radius 3 is 2.87 bits per heavy atom. The lowest BCUT2D eigenvalue weighted by molar-refractivity contribution is 0.397. The second-order valence-electron chi connectivity index (χ2n) is 3.45. The third kappa shape index (κ3) is 1.33. The summed E-state index contributed by atoms with van der Waals surface area (Å²) in [6.07, 6.45) is 1.98. The van der Waals surface area contributed by atoms with Crippen LogP contribution in [0.2, 0.25) is 0 Å². The van der Waals surface area contributed by atoms with Gasteiger partial charge in [-0.3, -0.25) is 0 Å². The van der Waals surface area contributed by atoms with Crippen LogP contribution in [0.3, 0.4) is 0 Å². The molecule has 0 aromatic carbocycles. The number of fused-ring (bicyclic) bond motifs is 1. The average Bonchev–Trinajstić information content (AvgIpc) is 2.52. The van der Waals surface area contributed by atoms with Gasteiger partial charge in [0.2, 0.25) is 5.88 Å². The van der Waals surface area contributed by atoms with Crippen molar-refractivity contribution >= 4 is 11.0 Å². The maximum Gasteiger partial charge on any atom is 0.233 e.